The van der Waals surface area contributed by atoms with Crippen molar-refractivity contribution >= 4 is 11.5 Å². The first-order chi connectivity index (χ1) is 11.7. The molecule has 1 atom stereocenters. The third-order valence-electron chi connectivity index (χ3n) is 4.52. The molecule has 0 aliphatic carbocycles. The molecule has 25 heavy (non-hydrogen) atoms. The highest BCUT2D eigenvalue weighted by Gasteiger charge is 2.38. The number of aliphatic hydroxyl groups excluding tert-OH is 1. The van der Waals surface area contributed by atoms with Crippen molar-refractivity contribution in [2.75, 3.05) is 37.6 Å². The Bertz CT molecular complexity index is 765. The van der Waals surface area contributed by atoms with Gasteiger partial charge in [-0.25, -0.2) is 0 Å². The summed E-state index contributed by atoms with van der Waals surface area (Å²) in [5.74, 6) is -0.591. The maximum atomic E-state index is 13.1. The van der Waals surface area contributed by atoms with Crippen LogP contribution in [0.3, 0.4) is 0 Å². The summed E-state index contributed by atoms with van der Waals surface area (Å²) in [4.78, 5) is 4.10. The number of hydrogen-bond donors (Lipinski definition) is 1. The number of halogens is 3. The van der Waals surface area contributed by atoms with Crippen LogP contribution in [-0.2, 0) is 6.18 Å². The van der Waals surface area contributed by atoms with E-state index in [-0.39, 0.29) is 5.65 Å². The molecule has 0 amide bonds. The molecule has 1 saturated heterocycles. The van der Waals surface area contributed by atoms with Crippen LogP contribution in [0.2, 0.25) is 0 Å². The molecule has 3 rings (SSSR count). The average molecular weight is 358 g/mol. The molecule has 1 aliphatic heterocycles. The van der Waals surface area contributed by atoms with Crippen molar-refractivity contribution in [2.24, 2.45) is 0 Å². The molecule has 3 heterocycles. The van der Waals surface area contributed by atoms with Gasteiger partial charge in [0.1, 0.15) is 0 Å². The zero-order chi connectivity index (χ0) is 18.4. The second-order valence-corrected chi connectivity index (χ2v) is 6.47. The van der Waals surface area contributed by atoms with Crippen molar-refractivity contribution in [3.63, 3.8) is 0 Å². The van der Waals surface area contributed by atoms with Crippen LogP contribution < -0.4 is 4.90 Å². The largest absolute Gasteiger partial charge is 0.453 e. The molecule has 0 aromatic carbocycles. The van der Waals surface area contributed by atoms with Gasteiger partial charge >= 0.3 is 6.18 Å². The predicted molar refractivity (Wildman–Crippen MR) is 85.6 cm³/mol. The number of alkyl halides is 3. The molecule has 0 bridgehead atoms. The van der Waals surface area contributed by atoms with Crippen molar-refractivity contribution in [1.82, 2.24) is 24.7 Å². The normalized spacial score (nSPS) is 18.1. The van der Waals surface area contributed by atoms with E-state index in [2.05, 4.69) is 20.2 Å². The second-order valence-electron chi connectivity index (χ2n) is 6.47. The van der Waals surface area contributed by atoms with Gasteiger partial charge in [-0.3, -0.25) is 4.90 Å². The number of aromatic nitrogens is 4. The first-order valence-electron chi connectivity index (χ1n) is 8.13. The third kappa shape index (κ3) is 3.40. The summed E-state index contributed by atoms with van der Waals surface area (Å²) in [6.07, 6.45) is -5.02. The van der Waals surface area contributed by atoms with E-state index in [0.29, 0.717) is 31.0 Å². The van der Waals surface area contributed by atoms with Crippen molar-refractivity contribution < 1.29 is 18.3 Å². The molecule has 0 saturated carbocycles. The summed E-state index contributed by atoms with van der Waals surface area (Å²) in [7, 11) is 0. The summed E-state index contributed by atoms with van der Waals surface area (Å²) >= 11 is 0. The van der Waals surface area contributed by atoms with E-state index >= 15 is 0 Å². The second kappa shape index (κ2) is 6.41. The van der Waals surface area contributed by atoms with Crippen molar-refractivity contribution in [3.05, 3.63) is 17.0 Å². The number of anilines is 1. The minimum Gasteiger partial charge on any atom is -0.392 e. The molecular weight excluding hydrogens is 337 g/mol. The minimum atomic E-state index is -4.61. The van der Waals surface area contributed by atoms with Gasteiger partial charge in [-0.2, -0.15) is 17.7 Å². The van der Waals surface area contributed by atoms with E-state index in [1.807, 2.05) is 11.8 Å². The highest BCUT2D eigenvalue weighted by atomic mass is 19.4. The summed E-state index contributed by atoms with van der Waals surface area (Å²) in [5.41, 5.74) is 1.57. The Hall–Kier alpha value is -1.94. The van der Waals surface area contributed by atoms with E-state index in [1.54, 1.807) is 13.8 Å². The van der Waals surface area contributed by atoms with Crippen LogP contribution in [-0.4, -0.2) is 68.6 Å². The fourth-order valence-corrected chi connectivity index (χ4v) is 3.11. The fraction of sp³-hybridized carbons (Fsp3) is 0.667. The van der Waals surface area contributed by atoms with Gasteiger partial charge in [0.25, 0.3) is 5.82 Å². The van der Waals surface area contributed by atoms with Gasteiger partial charge in [0.2, 0.25) is 0 Å². The van der Waals surface area contributed by atoms with E-state index < -0.39 is 18.1 Å². The van der Waals surface area contributed by atoms with Crippen LogP contribution in [0.5, 0.6) is 0 Å². The van der Waals surface area contributed by atoms with E-state index in [0.717, 1.165) is 23.2 Å². The van der Waals surface area contributed by atoms with Crippen LogP contribution in [0.1, 0.15) is 23.9 Å². The van der Waals surface area contributed by atoms with E-state index in [4.69, 9.17) is 0 Å². The first-order valence-corrected chi connectivity index (χ1v) is 8.13. The average Bonchev–Trinajstić information content (AvgIpc) is 2.95. The highest BCUT2D eigenvalue weighted by Crippen LogP contribution is 2.30. The Morgan fingerprint density at radius 3 is 2.28 bits per heavy atom. The Morgan fingerprint density at radius 1 is 1.08 bits per heavy atom. The third-order valence-corrected chi connectivity index (χ3v) is 4.52. The van der Waals surface area contributed by atoms with Crippen molar-refractivity contribution in [2.45, 2.75) is 33.1 Å². The lowest BCUT2D eigenvalue weighted by Crippen LogP contribution is -2.48. The molecule has 1 fully saturated rings. The van der Waals surface area contributed by atoms with Crippen LogP contribution in [0, 0.1) is 13.8 Å². The maximum Gasteiger partial charge on any atom is 0.453 e. The highest BCUT2D eigenvalue weighted by molar-refractivity contribution is 5.59. The van der Waals surface area contributed by atoms with Gasteiger partial charge in [-0.05, 0) is 20.8 Å². The zero-order valence-corrected chi connectivity index (χ0v) is 14.4. The van der Waals surface area contributed by atoms with E-state index in [1.165, 1.54) is 0 Å². The Labute approximate surface area is 143 Å². The van der Waals surface area contributed by atoms with Gasteiger partial charge in [0, 0.05) is 43.9 Å². The summed E-state index contributed by atoms with van der Waals surface area (Å²) < 4.78 is 40.2. The Balaban J connectivity index is 1.93. The Kier molecular flexibility index (Phi) is 4.58. The standard InChI is InChI=1S/C15H21F3N6O/c1-9(25)8-22-4-6-23(7-5-22)13-11(3)10(2)12-19-20-14(15(16,17)18)24(12)21-13/h9,25H,4-8H2,1-3H3/t9-/m1/s1. The lowest BCUT2D eigenvalue weighted by molar-refractivity contribution is -0.146. The number of piperazine rings is 1. The maximum absolute atomic E-state index is 13.1. The smallest absolute Gasteiger partial charge is 0.392 e. The number of hydrogen-bond acceptors (Lipinski definition) is 6. The molecular formula is C15H21F3N6O. The number of β-amino-alcohol motifs (C(OH)–C–C–N with tert-alkyl or cyclic N) is 1. The molecule has 1 N–H and O–H groups in total. The summed E-state index contributed by atoms with van der Waals surface area (Å²) in [6.45, 7) is 8.59. The minimum absolute atomic E-state index is 0.126. The molecule has 0 spiro atoms. The monoisotopic (exact) mass is 358 g/mol. The lowest BCUT2D eigenvalue weighted by Gasteiger charge is -2.36. The van der Waals surface area contributed by atoms with Crippen LogP contribution in [0.15, 0.2) is 0 Å². The molecule has 2 aromatic heterocycles. The van der Waals surface area contributed by atoms with Crippen LogP contribution in [0.25, 0.3) is 5.65 Å². The van der Waals surface area contributed by atoms with Crippen LogP contribution in [0.4, 0.5) is 19.0 Å². The van der Waals surface area contributed by atoms with E-state index in [9.17, 15) is 18.3 Å². The molecule has 1 aliphatic rings. The molecule has 7 nitrogen and oxygen atoms in total. The fourth-order valence-electron chi connectivity index (χ4n) is 3.11. The SMILES string of the molecule is Cc1c(N2CCN(C[C@@H](C)O)CC2)nn2c(C(F)(F)F)nnc2c1C. The quantitative estimate of drug-likeness (QED) is 0.891. The van der Waals surface area contributed by atoms with Crippen molar-refractivity contribution in [3.8, 4) is 0 Å². The van der Waals surface area contributed by atoms with Gasteiger partial charge in [-0.1, -0.05) is 0 Å². The zero-order valence-electron chi connectivity index (χ0n) is 14.4. The number of nitrogens with zero attached hydrogens (tertiary/aromatic N) is 6. The number of aliphatic hydroxyl groups is 1. The van der Waals surface area contributed by atoms with Crippen LogP contribution >= 0.6 is 0 Å². The first kappa shape index (κ1) is 17.9. The number of aryl methyl sites for hydroxylation is 1. The molecule has 0 radical (unpaired) electrons. The van der Waals surface area contributed by atoms with Gasteiger partial charge in [-0.15, -0.1) is 15.3 Å². The van der Waals surface area contributed by atoms with Gasteiger partial charge < -0.3 is 10.0 Å². The van der Waals surface area contributed by atoms with Gasteiger partial charge in [0.15, 0.2) is 11.5 Å². The summed E-state index contributed by atoms with van der Waals surface area (Å²) in [5, 5.41) is 20.6. The molecule has 2 aromatic rings. The number of fused-ring (bicyclic) bond motifs is 1. The predicted octanol–water partition coefficient (Wildman–Crippen LogP) is 1.26. The molecule has 0 unspecified atom stereocenters. The molecule has 10 heteroatoms. The van der Waals surface area contributed by atoms with Gasteiger partial charge in [0.05, 0.1) is 6.10 Å². The summed E-state index contributed by atoms with van der Waals surface area (Å²) in [6, 6.07) is 0. The lowest BCUT2D eigenvalue weighted by atomic mass is 10.1. The molecule has 138 valence electrons. The van der Waals surface area contributed by atoms with Crippen molar-refractivity contribution in [1.29, 1.82) is 0 Å². The topological polar surface area (TPSA) is 69.8 Å². The number of rotatable bonds is 3. The Morgan fingerprint density at radius 2 is 1.72 bits per heavy atom.